The minimum atomic E-state index is 0.0322. The molecule has 0 radical (unpaired) electrons. The number of hydrogen-bond acceptors (Lipinski definition) is 5. The number of aromatic hydroxyl groups is 1. The number of likely N-dealkylation sites (N-methyl/N-ethyl adjacent to an activating group) is 1. The van der Waals surface area contributed by atoms with Gasteiger partial charge in [-0.05, 0) is 56.9 Å². The highest BCUT2D eigenvalue weighted by atomic mass is 16.3. The van der Waals surface area contributed by atoms with Crippen LogP contribution in [0.5, 0.6) is 5.75 Å². The van der Waals surface area contributed by atoms with Gasteiger partial charge in [0.25, 0.3) is 0 Å². The molecule has 0 aliphatic carbocycles. The van der Waals surface area contributed by atoms with Crippen molar-refractivity contribution < 1.29 is 9.90 Å². The molecule has 3 saturated heterocycles. The van der Waals surface area contributed by atoms with Crippen molar-refractivity contribution in [3.8, 4) is 5.75 Å². The van der Waals surface area contributed by atoms with E-state index in [2.05, 4.69) is 22.2 Å². The fraction of sp³-hybridized carbons (Fsp3) is 0.650. The van der Waals surface area contributed by atoms with Crippen LogP contribution in [0.25, 0.3) is 0 Å². The molecule has 1 unspecified atom stereocenters. The zero-order valence-electron chi connectivity index (χ0n) is 15.7. The number of para-hydroxylation sites is 2. The lowest BCUT2D eigenvalue weighted by molar-refractivity contribution is -0.135. The summed E-state index contributed by atoms with van der Waals surface area (Å²) >= 11 is 0. The molecule has 1 aromatic carbocycles. The molecule has 142 valence electrons. The molecule has 26 heavy (non-hydrogen) atoms. The monoisotopic (exact) mass is 358 g/mol. The average molecular weight is 358 g/mol. The molecule has 6 heteroatoms. The minimum absolute atomic E-state index is 0.0322. The molecule has 0 saturated carbocycles. The van der Waals surface area contributed by atoms with Crippen molar-refractivity contribution >= 4 is 11.6 Å². The van der Waals surface area contributed by atoms with Gasteiger partial charge in [0, 0.05) is 32.7 Å². The first-order valence-electron chi connectivity index (χ1n) is 9.81. The molecule has 6 nitrogen and oxygen atoms in total. The summed E-state index contributed by atoms with van der Waals surface area (Å²) in [6, 6.07) is 7.48. The van der Waals surface area contributed by atoms with Gasteiger partial charge in [0.2, 0.25) is 5.91 Å². The van der Waals surface area contributed by atoms with E-state index in [1.165, 1.54) is 12.8 Å². The van der Waals surface area contributed by atoms with Gasteiger partial charge in [-0.15, -0.1) is 0 Å². The number of benzene rings is 1. The van der Waals surface area contributed by atoms with Crippen molar-refractivity contribution in [1.82, 2.24) is 15.1 Å². The van der Waals surface area contributed by atoms with Crippen molar-refractivity contribution in [3.63, 3.8) is 0 Å². The van der Waals surface area contributed by atoms with Crippen LogP contribution >= 0.6 is 0 Å². The van der Waals surface area contributed by atoms with Crippen LogP contribution in [0, 0.1) is 5.41 Å². The SMILES string of the molecule is CN1CC2(CCNCC2)CC1C(=O)N1CCN(c2ccccc2O)CC1. The van der Waals surface area contributed by atoms with E-state index in [9.17, 15) is 9.90 Å². The number of phenolic OH excluding ortho intramolecular Hbond substituents is 1. The lowest BCUT2D eigenvalue weighted by Gasteiger charge is -2.38. The maximum atomic E-state index is 13.1. The Labute approximate surface area is 155 Å². The molecule has 4 rings (SSSR count). The second-order valence-electron chi connectivity index (χ2n) is 8.19. The number of piperidine rings is 1. The summed E-state index contributed by atoms with van der Waals surface area (Å²) in [7, 11) is 2.11. The first kappa shape index (κ1) is 17.6. The van der Waals surface area contributed by atoms with Crippen LogP contribution in [-0.4, -0.2) is 79.7 Å². The van der Waals surface area contributed by atoms with E-state index >= 15 is 0 Å². The third kappa shape index (κ3) is 3.28. The van der Waals surface area contributed by atoms with Gasteiger partial charge in [0.15, 0.2) is 0 Å². The summed E-state index contributed by atoms with van der Waals surface area (Å²) < 4.78 is 0. The number of anilines is 1. The Balaban J connectivity index is 1.37. The van der Waals surface area contributed by atoms with Crippen LogP contribution in [0.2, 0.25) is 0 Å². The number of hydrogen-bond donors (Lipinski definition) is 2. The molecule has 0 aromatic heterocycles. The predicted molar refractivity (Wildman–Crippen MR) is 102 cm³/mol. The summed E-state index contributed by atoms with van der Waals surface area (Å²) in [5, 5.41) is 13.5. The molecule has 1 amide bonds. The average Bonchev–Trinajstić information content (AvgIpc) is 2.98. The molecule has 1 spiro atoms. The van der Waals surface area contributed by atoms with Gasteiger partial charge >= 0.3 is 0 Å². The number of nitrogens with zero attached hydrogens (tertiary/aromatic N) is 3. The maximum absolute atomic E-state index is 13.1. The van der Waals surface area contributed by atoms with Crippen molar-refractivity contribution in [2.24, 2.45) is 5.41 Å². The Hall–Kier alpha value is -1.79. The first-order valence-corrected chi connectivity index (χ1v) is 9.81. The number of carbonyl (C=O) groups excluding carboxylic acids is 1. The zero-order valence-corrected chi connectivity index (χ0v) is 15.7. The smallest absolute Gasteiger partial charge is 0.240 e. The number of nitrogens with one attached hydrogen (secondary N) is 1. The van der Waals surface area contributed by atoms with Gasteiger partial charge in [-0.3, -0.25) is 9.69 Å². The summed E-state index contributed by atoms with van der Waals surface area (Å²) in [5.74, 6) is 0.607. The molecule has 2 N–H and O–H groups in total. The van der Waals surface area contributed by atoms with E-state index in [0.29, 0.717) is 17.1 Å². The van der Waals surface area contributed by atoms with Gasteiger partial charge < -0.3 is 20.2 Å². The van der Waals surface area contributed by atoms with Crippen molar-refractivity contribution in [1.29, 1.82) is 0 Å². The van der Waals surface area contributed by atoms with Crippen LogP contribution in [0.4, 0.5) is 5.69 Å². The van der Waals surface area contributed by atoms with Gasteiger partial charge in [0.05, 0.1) is 11.7 Å². The Kier molecular flexibility index (Phi) is 4.80. The number of piperazine rings is 1. The van der Waals surface area contributed by atoms with Crippen LogP contribution in [0.15, 0.2) is 24.3 Å². The Morgan fingerprint density at radius 2 is 1.85 bits per heavy atom. The molecular formula is C20H30N4O2. The van der Waals surface area contributed by atoms with Crippen molar-refractivity contribution in [3.05, 3.63) is 24.3 Å². The quantitative estimate of drug-likeness (QED) is 0.830. The molecule has 3 aliphatic heterocycles. The topological polar surface area (TPSA) is 59.1 Å². The second-order valence-corrected chi connectivity index (χ2v) is 8.19. The molecular weight excluding hydrogens is 328 g/mol. The van der Waals surface area contributed by atoms with E-state index in [1.807, 2.05) is 23.1 Å². The van der Waals surface area contributed by atoms with Gasteiger partial charge in [-0.25, -0.2) is 0 Å². The number of phenols is 1. The Bertz CT molecular complexity index is 651. The number of amides is 1. The molecule has 1 aromatic rings. The van der Waals surface area contributed by atoms with Crippen LogP contribution in [-0.2, 0) is 4.79 Å². The van der Waals surface area contributed by atoms with Gasteiger partial charge in [-0.1, -0.05) is 12.1 Å². The van der Waals surface area contributed by atoms with E-state index in [1.54, 1.807) is 6.07 Å². The predicted octanol–water partition coefficient (Wildman–Crippen LogP) is 1.11. The summed E-state index contributed by atoms with van der Waals surface area (Å²) in [4.78, 5) is 19.6. The Morgan fingerprint density at radius 1 is 1.15 bits per heavy atom. The number of likely N-dealkylation sites (tertiary alicyclic amines) is 1. The van der Waals surface area contributed by atoms with E-state index in [4.69, 9.17) is 0 Å². The fourth-order valence-electron chi connectivity index (χ4n) is 4.98. The molecule has 1 atom stereocenters. The third-order valence-electron chi connectivity index (χ3n) is 6.51. The fourth-order valence-corrected chi connectivity index (χ4v) is 4.98. The largest absolute Gasteiger partial charge is 0.506 e. The highest BCUT2D eigenvalue weighted by molar-refractivity contribution is 5.82. The Morgan fingerprint density at radius 3 is 2.54 bits per heavy atom. The van der Waals surface area contributed by atoms with Crippen LogP contribution < -0.4 is 10.2 Å². The van der Waals surface area contributed by atoms with Gasteiger partial charge in [-0.2, -0.15) is 0 Å². The molecule has 3 fully saturated rings. The first-order chi connectivity index (χ1) is 12.6. The van der Waals surface area contributed by atoms with Gasteiger partial charge in [0.1, 0.15) is 5.75 Å². The minimum Gasteiger partial charge on any atom is -0.506 e. The highest BCUT2D eigenvalue weighted by Crippen LogP contribution is 2.41. The summed E-state index contributed by atoms with van der Waals surface area (Å²) in [6.45, 7) is 6.20. The second kappa shape index (κ2) is 7.08. The van der Waals surface area contributed by atoms with E-state index in [-0.39, 0.29) is 6.04 Å². The maximum Gasteiger partial charge on any atom is 0.240 e. The third-order valence-corrected chi connectivity index (χ3v) is 6.51. The van der Waals surface area contributed by atoms with Crippen molar-refractivity contribution in [2.45, 2.75) is 25.3 Å². The van der Waals surface area contributed by atoms with Crippen molar-refractivity contribution in [2.75, 3.05) is 57.8 Å². The molecule has 0 bridgehead atoms. The number of rotatable bonds is 2. The zero-order chi connectivity index (χ0) is 18.1. The van der Waals surface area contributed by atoms with E-state index in [0.717, 1.165) is 57.9 Å². The molecule has 3 aliphatic rings. The standard InChI is InChI=1S/C20H30N4O2/c1-22-15-20(6-8-21-9-7-20)14-17(22)19(26)24-12-10-23(11-13-24)16-4-2-3-5-18(16)25/h2-5,17,21,25H,6-15H2,1H3. The van der Waals surface area contributed by atoms with E-state index < -0.39 is 0 Å². The number of carbonyl (C=O) groups is 1. The van der Waals surface area contributed by atoms with Crippen LogP contribution in [0.3, 0.4) is 0 Å². The lowest BCUT2D eigenvalue weighted by atomic mass is 9.77. The molecule has 3 heterocycles. The summed E-state index contributed by atoms with van der Waals surface area (Å²) in [5.41, 5.74) is 1.20. The van der Waals surface area contributed by atoms with Crippen LogP contribution in [0.1, 0.15) is 19.3 Å². The lowest BCUT2D eigenvalue weighted by Crippen LogP contribution is -2.53. The normalized spacial score (nSPS) is 26.4. The summed E-state index contributed by atoms with van der Waals surface area (Å²) in [6.07, 6.45) is 3.37. The highest BCUT2D eigenvalue weighted by Gasteiger charge is 2.46.